The lowest BCUT2D eigenvalue weighted by atomic mass is 10.1. The van der Waals surface area contributed by atoms with E-state index in [0.717, 1.165) is 48.3 Å². The van der Waals surface area contributed by atoms with Crippen LogP contribution in [-0.4, -0.2) is 34.4 Å². The van der Waals surface area contributed by atoms with E-state index in [-0.39, 0.29) is 24.0 Å². The molecule has 0 amide bonds. The smallest absolute Gasteiger partial charge is 0.191 e. The van der Waals surface area contributed by atoms with Crippen molar-refractivity contribution in [3.8, 4) is 5.75 Å². The average Bonchev–Trinajstić information content (AvgIpc) is 2.96. The van der Waals surface area contributed by atoms with Gasteiger partial charge in [-0.25, -0.2) is 4.99 Å². The summed E-state index contributed by atoms with van der Waals surface area (Å²) >= 11 is 0. The van der Waals surface area contributed by atoms with E-state index >= 15 is 0 Å². The van der Waals surface area contributed by atoms with Crippen molar-refractivity contribution >= 4 is 29.9 Å². The van der Waals surface area contributed by atoms with E-state index in [2.05, 4.69) is 46.8 Å². The number of unbranched alkanes of at least 4 members (excludes halogenated alkanes) is 1. The zero-order valence-corrected chi connectivity index (χ0v) is 19.2. The van der Waals surface area contributed by atoms with E-state index in [9.17, 15) is 0 Å². The quantitative estimate of drug-likeness (QED) is 0.260. The van der Waals surface area contributed by atoms with Crippen LogP contribution < -0.4 is 15.4 Å². The highest BCUT2D eigenvalue weighted by Gasteiger charge is 2.07. The van der Waals surface area contributed by atoms with Crippen molar-refractivity contribution < 1.29 is 4.74 Å². The second-order valence-electron chi connectivity index (χ2n) is 6.34. The lowest BCUT2D eigenvalue weighted by Crippen LogP contribution is -2.38. The molecule has 150 valence electrons. The fourth-order valence-corrected chi connectivity index (χ4v) is 2.47. The Hall–Kier alpha value is -1.84. The van der Waals surface area contributed by atoms with Crippen LogP contribution in [0, 0.1) is 13.8 Å². The Morgan fingerprint density at radius 3 is 2.63 bits per heavy atom. The molecule has 2 aromatic rings. The standard InChI is InChI=1S/C19H30N6O.HI/c1-6-7-10-20-19(22-13-18-24-23-15(3)25(18)4)21-12-16-9-8-14(2)11-17(16)26-5;/h8-9,11H,6-7,10,12-13H2,1-5H3,(H2,20,21,22);1H. The van der Waals surface area contributed by atoms with Crippen LogP contribution in [0.2, 0.25) is 0 Å². The number of ether oxygens (including phenoxy) is 1. The molecule has 0 radical (unpaired) electrons. The topological polar surface area (TPSA) is 76.4 Å². The van der Waals surface area contributed by atoms with E-state index in [1.807, 2.05) is 24.6 Å². The van der Waals surface area contributed by atoms with Crippen LogP contribution >= 0.6 is 24.0 Å². The Labute approximate surface area is 179 Å². The average molecular weight is 486 g/mol. The Morgan fingerprint density at radius 2 is 2.00 bits per heavy atom. The first-order valence-corrected chi connectivity index (χ1v) is 9.05. The molecule has 0 spiro atoms. The Balaban J connectivity index is 0.00000364. The number of nitrogens with zero attached hydrogens (tertiary/aromatic N) is 4. The first-order chi connectivity index (χ1) is 12.5. The summed E-state index contributed by atoms with van der Waals surface area (Å²) in [4.78, 5) is 4.71. The molecule has 0 unspecified atom stereocenters. The van der Waals surface area contributed by atoms with Gasteiger partial charge in [0.15, 0.2) is 11.8 Å². The number of methoxy groups -OCH3 is 1. The molecule has 27 heavy (non-hydrogen) atoms. The van der Waals surface area contributed by atoms with Gasteiger partial charge >= 0.3 is 0 Å². The van der Waals surface area contributed by atoms with Gasteiger partial charge in [0.25, 0.3) is 0 Å². The molecule has 0 atom stereocenters. The number of aliphatic imine (C=N–C) groups is 1. The van der Waals surface area contributed by atoms with Gasteiger partial charge in [-0.1, -0.05) is 25.5 Å². The highest BCUT2D eigenvalue weighted by atomic mass is 127. The molecule has 1 aromatic heterocycles. The van der Waals surface area contributed by atoms with Crippen molar-refractivity contribution in [3.05, 3.63) is 41.0 Å². The van der Waals surface area contributed by atoms with Crippen molar-refractivity contribution in [2.75, 3.05) is 13.7 Å². The summed E-state index contributed by atoms with van der Waals surface area (Å²) in [6.07, 6.45) is 2.23. The van der Waals surface area contributed by atoms with Crippen molar-refractivity contribution in [1.82, 2.24) is 25.4 Å². The molecule has 0 fully saturated rings. The van der Waals surface area contributed by atoms with E-state index in [4.69, 9.17) is 9.73 Å². The Bertz CT molecular complexity index is 744. The summed E-state index contributed by atoms with van der Waals surface area (Å²) in [7, 11) is 3.65. The summed E-state index contributed by atoms with van der Waals surface area (Å²) < 4.78 is 7.44. The summed E-state index contributed by atoms with van der Waals surface area (Å²) in [6, 6.07) is 6.17. The SMILES string of the molecule is CCCCNC(=NCc1ccc(C)cc1OC)NCc1nnc(C)n1C.I. The summed E-state index contributed by atoms with van der Waals surface area (Å²) in [5, 5.41) is 15.0. The number of guanidine groups is 1. The number of benzene rings is 1. The van der Waals surface area contributed by atoms with Gasteiger partial charge < -0.3 is 19.9 Å². The molecule has 0 aliphatic rings. The van der Waals surface area contributed by atoms with E-state index in [0.29, 0.717) is 13.1 Å². The number of hydrogen-bond donors (Lipinski definition) is 2. The Morgan fingerprint density at radius 1 is 1.22 bits per heavy atom. The number of rotatable bonds is 8. The predicted octanol–water partition coefficient (Wildman–Crippen LogP) is 3.09. The normalized spacial score (nSPS) is 11.1. The van der Waals surface area contributed by atoms with Gasteiger partial charge in [0, 0.05) is 19.2 Å². The Kier molecular flexibility index (Phi) is 10.1. The largest absolute Gasteiger partial charge is 0.496 e. The van der Waals surface area contributed by atoms with E-state index in [1.165, 1.54) is 5.56 Å². The van der Waals surface area contributed by atoms with E-state index in [1.54, 1.807) is 7.11 Å². The molecule has 2 N–H and O–H groups in total. The first-order valence-electron chi connectivity index (χ1n) is 9.05. The van der Waals surface area contributed by atoms with Gasteiger partial charge in [-0.3, -0.25) is 0 Å². The van der Waals surface area contributed by atoms with Crippen LogP contribution in [0.3, 0.4) is 0 Å². The van der Waals surface area contributed by atoms with Crippen LogP contribution in [0.1, 0.15) is 42.5 Å². The van der Waals surface area contributed by atoms with Gasteiger partial charge in [0.05, 0.1) is 20.2 Å². The third-order valence-corrected chi connectivity index (χ3v) is 4.27. The first kappa shape index (κ1) is 23.2. The molecule has 0 saturated carbocycles. The van der Waals surface area contributed by atoms with Crippen molar-refractivity contribution in [2.24, 2.45) is 12.0 Å². The maximum atomic E-state index is 5.47. The number of aryl methyl sites for hydroxylation is 2. The molecule has 7 nitrogen and oxygen atoms in total. The lowest BCUT2D eigenvalue weighted by Gasteiger charge is -2.13. The molecule has 0 saturated heterocycles. The third kappa shape index (κ3) is 7.00. The molecule has 1 aromatic carbocycles. The zero-order valence-electron chi connectivity index (χ0n) is 16.9. The minimum atomic E-state index is 0. The van der Waals surface area contributed by atoms with Crippen LogP contribution in [-0.2, 0) is 20.1 Å². The van der Waals surface area contributed by atoms with Gasteiger partial charge in [-0.2, -0.15) is 0 Å². The second-order valence-corrected chi connectivity index (χ2v) is 6.34. The van der Waals surface area contributed by atoms with Crippen molar-refractivity contribution in [1.29, 1.82) is 0 Å². The minimum Gasteiger partial charge on any atom is -0.496 e. The van der Waals surface area contributed by atoms with Gasteiger partial charge in [0.2, 0.25) is 0 Å². The highest BCUT2D eigenvalue weighted by Crippen LogP contribution is 2.20. The number of nitrogens with one attached hydrogen (secondary N) is 2. The van der Waals surface area contributed by atoms with Crippen LogP contribution in [0.25, 0.3) is 0 Å². The van der Waals surface area contributed by atoms with Crippen molar-refractivity contribution in [3.63, 3.8) is 0 Å². The third-order valence-electron chi connectivity index (χ3n) is 4.27. The zero-order chi connectivity index (χ0) is 18.9. The second kappa shape index (κ2) is 11.8. The summed E-state index contributed by atoms with van der Waals surface area (Å²) in [5.41, 5.74) is 2.23. The maximum Gasteiger partial charge on any atom is 0.191 e. The lowest BCUT2D eigenvalue weighted by molar-refractivity contribution is 0.409. The summed E-state index contributed by atoms with van der Waals surface area (Å²) in [6.45, 7) is 8.16. The summed E-state index contributed by atoms with van der Waals surface area (Å²) in [5.74, 6) is 3.40. The molecule has 2 rings (SSSR count). The molecule has 0 bridgehead atoms. The molecule has 0 aliphatic carbocycles. The molecular weight excluding hydrogens is 455 g/mol. The fraction of sp³-hybridized carbons (Fsp3) is 0.526. The van der Waals surface area contributed by atoms with Gasteiger partial charge in [-0.05, 0) is 31.9 Å². The van der Waals surface area contributed by atoms with E-state index < -0.39 is 0 Å². The molecule has 8 heteroatoms. The number of halogens is 1. The highest BCUT2D eigenvalue weighted by molar-refractivity contribution is 14.0. The molecule has 1 heterocycles. The van der Waals surface area contributed by atoms with Crippen LogP contribution in [0.5, 0.6) is 5.75 Å². The van der Waals surface area contributed by atoms with Crippen LogP contribution in [0.15, 0.2) is 23.2 Å². The molecular formula is C19H31IN6O. The molecule has 0 aliphatic heterocycles. The van der Waals surface area contributed by atoms with Crippen molar-refractivity contribution in [2.45, 2.75) is 46.7 Å². The van der Waals surface area contributed by atoms with Crippen LogP contribution in [0.4, 0.5) is 0 Å². The van der Waals surface area contributed by atoms with Gasteiger partial charge in [0.1, 0.15) is 11.6 Å². The monoisotopic (exact) mass is 486 g/mol. The van der Waals surface area contributed by atoms with Gasteiger partial charge in [-0.15, -0.1) is 34.2 Å². The predicted molar refractivity (Wildman–Crippen MR) is 120 cm³/mol. The number of hydrogen-bond acceptors (Lipinski definition) is 4. The maximum absolute atomic E-state index is 5.47. The minimum absolute atomic E-state index is 0. The number of aromatic nitrogens is 3. The fourth-order valence-electron chi connectivity index (χ4n) is 2.47.